The van der Waals surface area contributed by atoms with Crippen LogP contribution in [0.5, 0.6) is 5.75 Å². The van der Waals surface area contributed by atoms with E-state index in [-0.39, 0.29) is 0 Å². The molecule has 0 spiro atoms. The first-order valence-electron chi connectivity index (χ1n) is 5.85. The Morgan fingerprint density at radius 2 is 1.89 bits per heavy atom. The summed E-state index contributed by atoms with van der Waals surface area (Å²) in [5.41, 5.74) is 3.49. The van der Waals surface area contributed by atoms with E-state index < -0.39 is 0 Å². The van der Waals surface area contributed by atoms with Gasteiger partial charge in [0.05, 0.1) is 15.2 Å². The lowest BCUT2D eigenvalue weighted by molar-refractivity contribution is 0.475. The van der Waals surface area contributed by atoms with Crippen molar-refractivity contribution in [1.29, 1.82) is 0 Å². The minimum Gasteiger partial charge on any atom is -0.508 e. The van der Waals surface area contributed by atoms with Crippen molar-refractivity contribution in [2.24, 2.45) is 0 Å². The summed E-state index contributed by atoms with van der Waals surface area (Å²) in [7, 11) is 0. The molecule has 1 heterocycles. The number of hydrogen-bond acceptors (Lipinski definition) is 3. The highest BCUT2D eigenvalue weighted by atomic mass is 32.1. The largest absolute Gasteiger partial charge is 0.508 e. The van der Waals surface area contributed by atoms with Crippen LogP contribution < -0.4 is 0 Å². The molecule has 0 aliphatic heterocycles. The van der Waals surface area contributed by atoms with Gasteiger partial charge >= 0.3 is 0 Å². The molecule has 0 amide bonds. The Morgan fingerprint density at radius 3 is 2.67 bits per heavy atom. The normalized spacial score (nSPS) is 10.9. The van der Waals surface area contributed by atoms with Gasteiger partial charge in [-0.1, -0.05) is 18.2 Å². The molecule has 3 rings (SSSR count). The first kappa shape index (κ1) is 11.2. The molecule has 90 valence electrons. The summed E-state index contributed by atoms with van der Waals surface area (Å²) in [6, 6.07) is 13.7. The third-order valence-corrected chi connectivity index (χ3v) is 3.92. The fourth-order valence-electron chi connectivity index (χ4n) is 1.95. The van der Waals surface area contributed by atoms with Crippen LogP contribution in [0.2, 0.25) is 0 Å². The second-order valence-electron chi connectivity index (χ2n) is 4.42. The van der Waals surface area contributed by atoms with Crippen molar-refractivity contribution in [1.82, 2.24) is 4.98 Å². The van der Waals surface area contributed by atoms with Crippen LogP contribution >= 0.6 is 11.3 Å². The Morgan fingerprint density at radius 1 is 1.11 bits per heavy atom. The monoisotopic (exact) mass is 255 g/mol. The number of fused-ring (bicyclic) bond motifs is 1. The van der Waals surface area contributed by atoms with Gasteiger partial charge in [0.1, 0.15) is 5.75 Å². The zero-order valence-electron chi connectivity index (χ0n) is 10.1. The van der Waals surface area contributed by atoms with Crippen LogP contribution in [-0.2, 0) is 6.42 Å². The van der Waals surface area contributed by atoms with Gasteiger partial charge in [-0.05, 0) is 42.3 Å². The molecule has 1 aromatic heterocycles. The topological polar surface area (TPSA) is 33.1 Å². The molecule has 0 bridgehead atoms. The Balaban J connectivity index is 1.92. The lowest BCUT2D eigenvalue weighted by atomic mass is 10.1. The first-order chi connectivity index (χ1) is 8.70. The van der Waals surface area contributed by atoms with Crippen molar-refractivity contribution < 1.29 is 5.11 Å². The zero-order chi connectivity index (χ0) is 12.5. The molecule has 0 radical (unpaired) electrons. The van der Waals surface area contributed by atoms with Gasteiger partial charge in [-0.3, -0.25) is 0 Å². The predicted molar refractivity (Wildman–Crippen MR) is 75.3 cm³/mol. The number of nitrogens with zero attached hydrogens (tertiary/aromatic N) is 1. The van der Waals surface area contributed by atoms with Gasteiger partial charge < -0.3 is 5.11 Å². The van der Waals surface area contributed by atoms with E-state index in [4.69, 9.17) is 0 Å². The Bertz CT molecular complexity index is 685. The van der Waals surface area contributed by atoms with Crippen molar-refractivity contribution in [3.8, 4) is 5.75 Å². The van der Waals surface area contributed by atoms with Gasteiger partial charge in [0.2, 0.25) is 0 Å². The Hall–Kier alpha value is -1.87. The fourth-order valence-corrected chi connectivity index (χ4v) is 2.93. The highest BCUT2D eigenvalue weighted by molar-refractivity contribution is 7.18. The quantitative estimate of drug-likeness (QED) is 0.753. The summed E-state index contributed by atoms with van der Waals surface area (Å²) >= 11 is 1.73. The van der Waals surface area contributed by atoms with E-state index in [1.807, 2.05) is 12.1 Å². The summed E-state index contributed by atoms with van der Waals surface area (Å²) in [6.07, 6.45) is 0.818. The molecule has 2 nitrogen and oxygen atoms in total. The summed E-state index contributed by atoms with van der Waals surface area (Å²) in [5.74, 6) is 0.304. The molecular formula is C15H13NOS. The van der Waals surface area contributed by atoms with Crippen molar-refractivity contribution >= 4 is 21.6 Å². The molecule has 18 heavy (non-hydrogen) atoms. The average molecular weight is 255 g/mol. The number of rotatable bonds is 2. The van der Waals surface area contributed by atoms with Crippen molar-refractivity contribution in [3.05, 3.63) is 58.6 Å². The number of hydrogen-bond donors (Lipinski definition) is 1. The summed E-state index contributed by atoms with van der Waals surface area (Å²) in [4.78, 5) is 4.65. The van der Waals surface area contributed by atoms with Gasteiger partial charge in [-0.2, -0.15) is 0 Å². The second-order valence-corrected chi connectivity index (χ2v) is 5.54. The standard InChI is InChI=1S/C15H13NOS/c1-10-2-7-14-13(8-10)16-15(18-14)9-11-3-5-12(17)6-4-11/h2-8,17H,9H2,1H3. The van der Waals surface area contributed by atoms with Crippen LogP contribution in [0.1, 0.15) is 16.1 Å². The maximum atomic E-state index is 9.25. The van der Waals surface area contributed by atoms with E-state index in [2.05, 4.69) is 30.1 Å². The molecule has 0 atom stereocenters. The number of benzene rings is 2. The van der Waals surface area contributed by atoms with Crippen LogP contribution in [-0.4, -0.2) is 10.1 Å². The molecule has 0 saturated carbocycles. The number of phenols is 1. The Labute approximate surface area is 110 Å². The summed E-state index contributed by atoms with van der Waals surface area (Å²) in [5, 5.41) is 10.4. The number of phenolic OH excluding ortho intramolecular Hbond substituents is 1. The van der Waals surface area contributed by atoms with Gasteiger partial charge in [-0.25, -0.2) is 4.98 Å². The molecular weight excluding hydrogens is 242 g/mol. The zero-order valence-corrected chi connectivity index (χ0v) is 10.9. The van der Waals surface area contributed by atoms with Gasteiger partial charge in [0.15, 0.2) is 0 Å². The van der Waals surface area contributed by atoms with E-state index in [9.17, 15) is 5.11 Å². The van der Waals surface area contributed by atoms with Crippen LogP contribution in [0.15, 0.2) is 42.5 Å². The highest BCUT2D eigenvalue weighted by Crippen LogP contribution is 2.25. The maximum absolute atomic E-state index is 9.25. The SMILES string of the molecule is Cc1ccc2sc(Cc3ccc(O)cc3)nc2c1. The lowest BCUT2D eigenvalue weighted by Gasteiger charge is -1.97. The van der Waals surface area contributed by atoms with Crippen molar-refractivity contribution in [2.75, 3.05) is 0 Å². The number of thiazole rings is 1. The highest BCUT2D eigenvalue weighted by Gasteiger charge is 2.05. The number of aryl methyl sites for hydroxylation is 1. The average Bonchev–Trinajstić information content (AvgIpc) is 2.73. The molecule has 0 aliphatic rings. The smallest absolute Gasteiger partial charge is 0.115 e. The van der Waals surface area contributed by atoms with E-state index >= 15 is 0 Å². The van der Waals surface area contributed by atoms with E-state index in [1.54, 1.807) is 23.5 Å². The third kappa shape index (κ3) is 2.22. The molecule has 0 saturated heterocycles. The van der Waals surface area contributed by atoms with Crippen LogP contribution in [0.3, 0.4) is 0 Å². The molecule has 0 fully saturated rings. The predicted octanol–water partition coefficient (Wildman–Crippen LogP) is 3.90. The second kappa shape index (κ2) is 4.42. The Kier molecular flexibility index (Phi) is 2.76. The van der Waals surface area contributed by atoms with E-state index in [0.29, 0.717) is 5.75 Å². The van der Waals surface area contributed by atoms with Gasteiger partial charge in [0.25, 0.3) is 0 Å². The van der Waals surface area contributed by atoms with Gasteiger partial charge in [-0.15, -0.1) is 11.3 Å². The van der Waals surface area contributed by atoms with Crippen molar-refractivity contribution in [3.63, 3.8) is 0 Å². The molecule has 2 aromatic carbocycles. The van der Waals surface area contributed by atoms with Crippen LogP contribution in [0.25, 0.3) is 10.2 Å². The minimum absolute atomic E-state index is 0.304. The number of aromatic hydroxyl groups is 1. The summed E-state index contributed by atoms with van der Waals surface area (Å²) < 4.78 is 1.23. The van der Waals surface area contributed by atoms with Crippen molar-refractivity contribution in [2.45, 2.75) is 13.3 Å². The van der Waals surface area contributed by atoms with Crippen LogP contribution in [0, 0.1) is 6.92 Å². The fraction of sp³-hybridized carbons (Fsp3) is 0.133. The maximum Gasteiger partial charge on any atom is 0.115 e. The molecule has 1 N–H and O–H groups in total. The van der Waals surface area contributed by atoms with E-state index in [1.165, 1.54) is 15.8 Å². The molecule has 3 heteroatoms. The molecule has 3 aromatic rings. The van der Waals surface area contributed by atoms with Crippen LogP contribution in [0.4, 0.5) is 0 Å². The molecule has 0 unspecified atom stereocenters. The summed E-state index contributed by atoms with van der Waals surface area (Å²) in [6.45, 7) is 2.08. The number of aromatic nitrogens is 1. The minimum atomic E-state index is 0.304. The first-order valence-corrected chi connectivity index (χ1v) is 6.66. The lowest BCUT2D eigenvalue weighted by Crippen LogP contribution is -1.85. The van der Waals surface area contributed by atoms with Gasteiger partial charge in [0, 0.05) is 6.42 Å². The molecule has 0 aliphatic carbocycles. The van der Waals surface area contributed by atoms with E-state index in [0.717, 1.165) is 16.9 Å². The third-order valence-electron chi connectivity index (χ3n) is 2.88.